The summed E-state index contributed by atoms with van der Waals surface area (Å²) in [6.45, 7) is 4.02. The monoisotopic (exact) mass is 319 g/mol. The van der Waals surface area contributed by atoms with E-state index in [0.717, 1.165) is 17.4 Å². The zero-order valence-electron chi connectivity index (χ0n) is 13.5. The van der Waals surface area contributed by atoms with E-state index in [0.29, 0.717) is 12.2 Å². The largest absolute Gasteiger partial charge is 0.497 e. The number of carbonyl (C=O) groups excluding carboxylic acids is 1. The predicted molar refractivity (Wildman–Crippen MR) is 85.9 cm³/mol. The van der Waals surface area contributed by atoms with Crippen LogP contribution >= 0.6 is 0 Å². The summed E-state index contributed by atoms with van der Waals surface area (Å²) < 4.78 is 9.81. The lowest BCUT2D eigenvalue weighted by atomic mass is 10.1. The van der Waals surface area contributed by atoms with Crippen LogP contribution in [0.1, 0.15) is 19.4 Å². The van der Waals surface area contributed by atoms with E-state index in [-0.39, 0.29) is 12.2 Å². The summed E-state index contributed by atoms with van der Waals surface area (Å²) in [5.41, 5.74) is 1.43. The van der Waals surface area contributed by atoms with Crippen LogP contribution in [0, 0.1) is 0 Å². The van der Waals surface area contributed by atoms with Crippen LogP contribution in [0.5, 0.6) is 5.75 Å². The number of carbonyl (C=O) groups is 2. The first kappa shape index (κ1) is 18.3. The molecule has 0 unspecified atom stereocenters. The van der Waals surface area contributed by atoms with Gasteiger partial charge >= 0.3 is 11.9 Å². The molecule has 0 aliphatic carbocycles. The Morgan fingerprint density at radius 2 is 1.87 bits per heavy atom. The number of nitrogens with one attached hydrogen (secondary N) is 1. The van der Waals surface area contributed by atoms with Crippen LogP contribution in [-0.2, 0) is 20.9 Å². The molecule has 124 valence electrons. The van der Waals surface area contributed by atoms with Crippen molar-refractivity contribution >= 4 is 11.9 Å². The van der Waals surface area contributed by atoms with Gasteiger partial charge < -0.3 is 19.9 Å². The zero-order chi connectivity index (χ0) is 17.2. The van der Waals surface area contributed by atoms with Gasteiger partial charge in [-0.05, 0) is 37.6 Å². The molecule has 0 aliphatic heterocycles. The Labute approximate surface area is 135 Å². The Balaban J connectivity index is 2.77. The molecule has 0 amide bonds. The number of aliphatic carboxylic acids is 1. The Bertz CT molecular complexity index is 602. The summed E-state index contributed by atoms with van der Waals surface area (Å²) in [5, 5.41) is 12.3. The summed E-state index contributed by atoms with van der Waals surface area (Å²) in [6, 6.07) is 7.42. The average molecular weight is 319 g/mol. The number of esters is 1. The van der Waals surface area contributed by atoms with Crippen LogP contribution < -0.4 is 10.1 Å². The molecular weight excluding hydrogens is 298 g/mol. The maximum absolute atomic E-state index is 11.3. The molecule has 0 saturated heterocycles. The summed E-state index contributed by atoms with van der Waals surface area (Å²) in [5.74, 6) is -0.941. The van der Waals surface area contributed by atoms with E-state index in [1.807, 2.05) is 24.3 Å². The van der Waals surface area contributed by atoms with E-state index in [1.54, 1.807) is 21.0 Å². The molecule has 0 radical (unpaired) electrons. The van der Waals surface area contributed by atoms with E-state index in [4.69, 9.17) is 9.47 Å². The number of carboxylic acid groups (broad SMARTS) is 1. The van der Waals surface area contributed by atoms with Crippen molar-refractivity contribution in [2.24, 2.45) is 0 Å². The summed E-state index contributed by atoms with van der Waals surface area (Å²) in [6.07, 6.45) is 2.34. The smallest absolute Gasteiger partial charge is 0.337 e. The molecule has 6 heteroatoms. The minimum atomic E-state index is -1.12. The Kier molecular flexibility index (Phi) is 7.39. The molecule has 0 spiro atoms. The molecule has 0 bridgehead atoms. The van der Waals surface area contributed by atoms with Gasteiger partial charge in [0.1, 0.15) is 5.75 Å². The van der Waals surface area contributed by atoms with E-state index in [2.05, 4.69) is 5.32 Å². The van der Waals surface area contributed by atoms with Gasteiger partial charge in [0.25, 0.3) is 0 Å². The molecule has 0 aromatic heterocycles. The first-order valence-corrected chi connectivity index (χ1v) is 7.13. The number of methoxy groups -OCH3 is 1. The number of rotatable bonds is 8. The zero-order valence-corrected chi connectivity index (χ0v) is 13.5. The van der Waals surface area contributed by atoms with Crippen molar-refractivity contribution in [3.8, 4) is 5.75 Å². The lowest BCUT2D eigenvalue weighted by Crippen LogP contribution is -2.15. The maximum Gasteiger partial charge on any atom is 0.337 e. The fraction of sp³-hybridized carbons (Fsp3) is 0.294. The van der Waals surface area contributed by atoms with E-state index >= 15 is 0 Å². The van der Waals surface area contributed by atoms with Crippen LogP contribution in [0.4, 0.5) is 0 Å². The Morgan fingerprint density at radius 3 is 2.39 bits per heavy atom. The Morgan fingerprint density at radius 1 is 1.22 bits per heavy atom. The SMILES string of the molecule is CCOC(=O)C=CC(C(=O)O)=C(C)NCc1ccc(OC)cc1. The van der Waals surface area contributed by atoms with E-state index < -0.39 is 11.9 Å². The van der Waals surface area contributed by atoms with Gasteiger partial charge in [-0.2, -0.15) is 0 Å². The van der Waals surface area contributed by atoms with Crippen molar-refractivity contribution in [2.45, 2.75) is 20.4 Å². The van der Waals surface area contributed by atoms with Crippen molar-refractivity contribution in [3.05, 3.63) is 53.3 Å². The third kappa shape index (κ3) is 6.25. The minimum Gasteiger partial charge on any atom is -0.497 e. The van der Waals surface area contributed by atoms with Gasteiger partial charge in [0.2, 0.25) is 0 Å². The quantitative estimate of drug-likeness (QED) is 0.434. The number of hydrogen-bond donors (Lipinski definition) is 2. The highest BCUT2D eigenvalue weighted by Gasteiger charge is 2.09. The second kappa shape index (κ2) is 9.30. The van der Waals surface area contributed by atoms with Crippen LogP contribution in [0.3, 0.4) is 0 Å². The normalized spacial score (nSPS) is 11.8. The van der Waals surface area contributed by atoms with Crippen LogP contribution in [0.15, 0.2) is 47.7 Å². The van der Waals surface area contributed by atoms with Gasteiger partial charge in [-0.1, -0.05) is 12.1 Å². The standard InChI is InChI=1S/C17H21NO5/c1-4-23-16(19)10-9-15(17(20)21)12(2)18-11-13-5-7-14(22-3)8-6-13/h5-10,18H,4,11H2,1-3H3,(H,20,21). The van der Waals surface area contributed by atoms with Crippen LogP contribution in [-0.4, -0.2) is 30.8 Å². The third-order valence-electron chi connectivity index (χ3n) is 3.02. The fourth-order valence-electron chi connectivity index (χ4n) is 1.77. The first-order chi connectivity index (χ1) is 11.0. The molecule has 1 aromatic rings. The number of ether oxygens (including phenoxy) is 2. The highest BCUT2D eigenvalue weighted by Crippen LogP contribution is 2.12. The summed E-state index contributed by atoms with van der Waals surface area (Å²) >= 11 is 0. The third-order valence-corrected chi connectivity index (χ3v) is 3.02. The number of benzene rings is 1. The van der Waals surface area contributed by atoms with Gasteiger partial charge in [-0.3, -0.25) is 0 Å². The highest BCUT2D eigenvalue weighted by atomic mass is 16.5. The molecule has 23 heavy (non-hydrogen) atoms. The topological polar surface area (TPSA) is 84.9 Å². The summed E-state index contributed by atoms with van der Waals surface area (Å²) in [7, 11) is 1.59. The molecule has 0 heterocycles. The number of hydrogen-bond acceptors (Lipinski definition) is 5. The first-order valence-electron chi connectivity index (χ1n) is 7.13. The number of carboxylic acids is 1. The summed E-state index contributed by atoms with van der Waals surface area (Å²) in [4.78, 5) is 22.6. The van der Waals surface area contributed by atoms with Gasteiger partial charge in [0.15, 0.2) is 0 Å². The predicted octanol–water partition coefficient (Wildman–Crippen LogP) is 2.26. The van der Waals surface area contributed by atoms with Gasteiger partial charge in [-0.15, -0.1) is 0 Å². The van der Waals surface area contributed by atoms with Gasteiger partial charge in [-0.25, -0.2) is 9.59 Å². The lowest BCUT2D eigenvalue weighted by molar-refractivity contribution is -0.137. The van der Waals surface area contributed by atoms with Crippen molar-refractivity contribution in [2.75, 3.05) is 13.7 Å². The van der Waals surface area contributed by atoms with Crippen LogP contribution in [0.25, 0.3) is 0 Å². The molecule has 1 rings (SSSR count). The maximum atomic E-state index is 11.3. The molecule has 0 aliphatic rings. The second-order valence-corrected chi connectivity index (χ2v) is 4.63. The molecule has 0 fully saturated rings. The number of allylic oxidation sites excluding steroid dienone is 1. The van der Waals surface area contributed by atoms with Crippen molar-refractivity contribution in [1.29, 1.82) is 0 Å². The molecule has 0 atom stereocenters. The molecule has 1 aromatic carbocycles. The molecular formula is C17H21NO5. The molecule has 2 N–H and O–H groups in total. The van der Waals surface area contributed by atoms with Gasteiger partial charge in [0.05, 0.1) is 19.3 Å². The van der Waals surface area contributed by atoms with Crippen molar-refractivity contribution < 1.29 is 24.2 Å². The molecule has 6 nitrogen and oxygen atoms in total. The molecule has 0 saturated carbocycles. The Hall–Kier alpha value is -2.76. The second-order valence-electron chi connectivity index (χ2n) is 4.63. The average Bonchev–Trinajstić information content (AvgIpc) is 2.53. The fourth-order valence-corrected chi connectivity index (χ4v) is 1.77. The van der Waals surface area contributed by atoms with E-state index in [1.165, 1.54) is 6.08 Å². The highest BCUT2D eigenvalue weighted by molar-refractivity contribution is 5.93. The lowest BCUT2D eigenvalue weighted by Gasteiger charge is -2.09. The van der Waals surface area contributed by atoms with Crippen molar-refractivity contribution in [3.63, 3.8) is 0 Å². The minimum absolute atomic E-state index is 0.00608. The van der Waals surface area contributed by atoms with Crippen molar-refractivity contribution in [1.82, 2.24) is 5.32 Å². The van der Waals surface area contributed by atoms with E-state index in [9.17, 15) is 14.7 Å². The van der Waals surface area contributed by atoms with Gasteiger partial charge in [0, 0.05) is 18.3 Å². The van der Waals surface area contributed by atoms with Crippen LogP contribution in [0.2, 0.25) is 0 Å².